The van der Waals surface area contributed by atoms with Gasteiger partial charge >= 0.3 is 5.97 Å². The average molecular weight is 224 g/mol. The SMILES string of the molecule is CC(C)c1cc(C(=O)O)n(CC(C)(C)C)n1. The summed E-state index contributed by atoms with van der Waals surface area (Å²) in [6.45, 7) is 10.8. The molecule has 0 aliphatic heterocycles. The van der Waals surface area contributed by atoms with Crippen LogP contribution in [0.2, 0.25) is 0 Å². The predicted octanol–water partition coefficient (Wildman–Crippen LogP) is 2.75. The molecule has 1 heterocycles. The fourth-order valence-electron chi connectivity index (χ4n) is 1.46. The smallest absolute Gasteiger partial charge is 0.354 e. The van der Waals surface area contributed by atoms with E-state index in [-0.39, 0.29) is 17.0 Å². The zero-order valence-corrected chi connectivity index (χ0v) is 10.6. The van der Waals surface area contributed by atoms with E-state index in [1.165, 1.54) is 0 Å². The molecule has 0 bridgehead atoms. The number of nitrogens with zero attached hydrogens (tertiary/aromatic N) is 2. The lowest BCUT2D eigenvalue weighted by molar-refractivity contribution is 0.0680. The monoisotopic (exact) mass is 224 g/mol. The van der Waals surface area contributed by atoms with Crippen molar-refractivity contribution in [3.63, 3.8) is 0 Å². The summed E-state index contributed by atoms with van der Waals surface area (Å²) in [4.78, 5) is 11.1. The van der Waals surface area contributed by atoms with Crippen molar-refractivity contribution >= 4 is 5.97 Å². The lowest BCUT2D eigenvalue weighted by Crippen LogP contribution is -2.20. The van der Waals surface area contributed by atoms with Crippen LogP contribution >= 0.6 is 0 Å². The van der Waals surface area contributed by atoms with Gasteiger partial charge < -0.3 is 5.11 Å². The van der Waals surface area contributed by atoms with Crippen LogP contribution in [0.3, 0.4) is 0 Å². The summed E-state index contributed by atoms with van der Waals surface area (Å²) in [5, 5.41) is 13.4. The molecule has 16 heavy (non-hydrogen) atoms. The molecule has 0 aliphatic rings. The van der Waals surface area contributed by atoms with Crippen molar-refractivity contribution in [2.24, 2.45) is 5.41 Å². The van der Waals surface area contributed by atoms with Crippen LogP contribution in [0.15, 0.2) is 6.07 Å². The molecule has 0 fully saturated rings. The normalized spacial score (nSPS) is 12.1. The molecule has 4 nitrogen and oxygen atoms in total. The Kier molecular flexibility index (Phi) is 3.41. The van der Waals surface area contributed by atoms with E-state index in [0.29, 0.717) is 6.54 Å². The first-order valence-corrected chi connectivity index (χ1v) is 5.52. The summed E-state index contributed by atoms with van der Waals surface area (Å²) in [6, 6.07) is 1.67. The molecule has 1 N–H and O–H groups in total. The van der Waals surface area contributed by atoms with Crippen LogP contribution in [0.1, 0.15) is 56.7 Å². The van der Waals surface area contributed by atoms with E-state index in [9.17, 15) is 4.79 Å². The molecule has 0 aliphatic carbocycles. The lowest BCUT2D eigenvalue weighted by atomic mass is 9.97. The molecule has 1 rings (SSSR count). The van der Waals surface area contributed by atoms with Crippen molar-refractivity contribution in [2.45, 2.75) is 47.1 Å². The van der Waals surface area contributed by atoms with Crippen LogP contribution in [0.5, 0.6) is 0 Å². The molecule has 0 radical (unpaired) electrons. The van der Waals surface area contributed by atoms with Crippen LogP contribution in [0.4, 0.5) is 0 Å². The summed E-state index contributed by atoms with van der Waals surface area (Å²) in [5.74, 6) is -0.664. The second-order valence-electron chi connectivity index (χ2n) is 5.63. The van der Waals surface area contributed by atoms with E-state index in [0.717, 1.165) is 5.69 Å². The van der Waals surface area contributed by atoms with Gasteiger partial charge in [0.25, 0.3) is 0 Å². The fraction of sp³-hybridized carbons (Fsp3) is 0.667. The van der Waals surface area contributed by atoms with Gasteiger partial charge in [-0.15, -0.1) is 0 Å². The summed E-state index contributed by atoms with van der Waals surface area (Å²) in [5.41, 5.74) is 1.13. The van der Waals surface area contributed by atoms with Crippen LogP contribution in [-0.4, -0.2) is 20.9 Å². The number of rotatable bonds is 3. The molecule has 0 saturated heterocycles. The molecule has 1 aromatic heterocycles. The molecule has 0 atom stereocenters. The zero-order chi connectivity index (χ0) is 12.5. The molecular weight excluding hydrogens is 204 g/mol. The summed E-state index contributed by atoms with van der Waals surface area (Å²) in [7, 11) is 0. The topological polar surface area (TPSA) is 55.1 Å². The third kappa shape index (κ3) is 3.08. The highest BCUT2D eigenvalue weighted by Gasteiger charge is 2.20. The Morgan fingerprint density at radius 2 is 2.06 bits per heavy atom. The minimum atomic E-state index is -0.913. The molecule has 90 valence electrons. The molecule has 0 unspecified atom stereocenters. The fourth-order valence-corrected chi connectivity index (χ4v) is 1.46. The van der Waals surface area contributed by atoms with Crippen molar-refractivity contribution < 1.29 is 9.90 Å². The third-order valence-corrected chi connectivity index (χ3v) is 2.23. The van der Waals surface area contributed by atoms with Crippen molar-refractivity contribution in [3.05, 3.63) is 17.5 Å². The van der Waals surface area contributed by atoms with Gasteiger partial charge in [0.2, 0.25) is 0 Å². The number of hydrogen-bond donors (Lipinski definition) is 1. The Balaban J connectivity index is 3.10. The summed E-state index contributed by atoms with van der Waals surface area (Å²) in [6.07, 6.45) is 0. The van der Waals surface area contributed by atoms with Crippen molar-refractivity contribution in [1.82, 2.24) is 9.78 Å². The molecule has 0 spiro atoms. The first-order chi connectivity index (χ1) is 7.20. The standard InChI is InChI=1S/C12H20N2O2/c1-8(2)9-6-10(11(15)16)14(13-9)7-12(3,4)5/h6,8H,7H2,1-5H3,(H,15,16). The van der Waals surface area contributed by atoms with Crippen LogP contribution < -0.4 is 0 Å². The largest absolute Gasteiger partial charge is 0.477 e. The zero-order valence-electron chi connectivity index (χ0n) is 10.6. The predicted molar refractivity (Wildman–Crippen MR) is 62.7 cm³/mol. The molecule has 0 aromatic carbocycles. The van der Waals surface area contributed by atoms with Gasteiger partial charge in [0.15, 0.2) is 0 Å². The van der Waals surface area contributed by atoms with Crippen molar-refractivity contribution in [3.8, 4) is 0 Å². The molecule has 1 aromatic rings. The first kappa shape index (κ1) is 12.7. The number of carboxylic acids is 1. The Morgan fingerprint density at radius 1 is 1.50 bits per heavy atom. The number of carboxylic acid groups (broad SMARTS) is 1. The van der Waals surface area contributed by atoms with E-state index in [1.54, 1.807) is 10.7 Å². The van der Waals surface area contributed by atoms with Gasteiger partial charge in [0, 0.05) is 6.54 Å². The highest BCUT2D eigenvalue weighted by molar-refractivity contribution is 5.85. The highest BCUT2D eigenvalue weighted by atomic mass is 16.4. The van der Waals surface area contributed by atoms with Gasteiger partial charge in [-0.25, -0.2) is 4.79 Å². The van der Waals surface area contributed by atoms with Crippen LogP contribution in [0.25, 0.3) is 0 Å². The van der Waals surface area contributed by atoms with E-state index in [1.807, 2.05) is 13.8 Å². The van der Waals surface area contributed by atoms with Crippen molar-refractivity contribution in [1.29, 1.82) is 0 Å². The van der Waals surface area contributed by atoms with E-state index < -0.39 is 5.97 Å². The number of aromatic nitrogens is 2. The van der Waals surface area contributed by atoms with Crippen molar-refractivity contribution in [2.75, 3.05) is 0 Å². The average Bonchev–Trinajstić information content (AvgIpc) is 2.44. The van der Waals surface area contributed by atoms with Gasteiger partial charge in [-0.2, -0.15) is 5.10 Å². The second-order valence-corrected chi connectivity index (χ2v) is 5.63. The maximum atomic E-state index is 11.1. The quantitative estimate of drug-likeness (QED) is 0.858. The maximum Gasteiger partial charge on any atom is 0.354 e. The molecule has 4 heteroatoms. The Labute approximate surface area is 96.3 Å². The van der Waals surface area contributed by atoms with Gasteiger partial charge in [0.1, 0.15) is 5.69 Å². The van der Waals surface area contributed by atoms with E-state index >= 15 is 0 Å². The summed E-state index contributed by atoms with van der Waals surface area (Å²) >= 11 is 0. The van der Waals surface area contributed by atoms with Crippen LogP contribution in [0, 0.1) is 5.41 Å². The second kappa shape index (κ2) is 4.28. The minimum absolute atomic E-state index is 0.0183. The Bertz CT molecular complexity index is 386. The van der Waals surface area contributed by atoms with Crippen LogP contribution in [-0.2, 0) is 6.54 Å². The van der Waals surface area contributed by atoms with Gasteiger partial charge in [0.05, 0.1) is 5.69 Å². The molecule has 0 amide bonds. The Morgan fingerprint density at radius 3 is 2.44 bits per heavy atom. The lowest BCUT2D eigenvalue weighted by Gasteiger charge is -2.18. The Hall–Kier alpha value is -1.32. The number of carbonyl (C=O) groups is 1. The maximum absolute atomic E-state index is 11.1. The van der Waals surface area contributed by atoms with Gasteiger partial charge in [-0.3, -0.25) is 4.68 Å². The molecular formula is C12H20N2O2. The number of aromatic carboxylic acids is 1. The number of hydrogen-bond acceptors (Lipinski definition) is 2. The van der Waals surface area contributed by atoms with Gasteiger partial charge in [-0.1, -0.05) is 34.6 Å². The third-order valence-electron chi connectivity index (χ3n) is 2.23. The minimum Gasteiger partial charge on any atom is -0.477 e. The summed E-state index contributed by atoms with van der Waals surface area (Å²) < 4.78 is 1.59. The van der Waals surface area contributed by atoms with E-state index in [2.05, 4.69) is 25.9 Å². The first-order valence-electron chi connectivity index (χ1n) is 5.52. The van der Waals surface area contributed by atoms with E-state index in [4.69, 9.17) is 5.11 Å². The highest BCUT2D eigenvalue weighted by Crippen LogP contribution is 2.20. The molecule has 0 saturated carbocycles. The van der Waals surface area contributed by atoms with Gasteiger partial charge in [-0.05, 0) is 17.4 Å².